The first-order chi connectivity index (χ1) is 11.9. The second-order valence-electron chi connectivity index (χ2n) is 6.73. The van der Waals surface area contributed by atoms with E-state index in [-0.39, 0.29) is 0 Å². The maximum absolute atomic E-state index is 6.43. The summed E-state index contributed by atoms with van der Waals surface area (Å²) >= 11 is 0. The average molecular weight is 323 g/mol. The van der Waals surface area contributed by atoms with Gasteiger partial charge in [-0.2, -0.15) is 0 Å². The first kappa shape index (κ1) is 15.7. The fourth-order valence-electron chi connectivity index (χ4n) is 3.76. The van der Waals surface area contributed by atoms with Crippen molar-refractivity contribution in [3.8, 4) is 5.75 Å². The molecule has 2 aliphatic heterocycles. The Kier molecular flexibility index (Phi) is 4.54. The Morgan fingerprint density at radius 1 is 0.958 bits per heavy atom. The number of fused-ring (bicyclic) bond motifs is 1. The molecule has 0 aromatic heterocycles. The Labute approximate surface area is 144 Å². The van der Waals surface area contributed by atoms with Crippen LogP contribution in [0.2, 0.25) is 0 Å². The van der Waals surface area contributed by atoms with E-state index in [1.165, 1.54) is 31.5 Å². The molecular weight excluding hydrogens is 298 g/mol. The highest BCUT2D eigenvalue weighted by molar-refractivity contribution is 5.37. The fraction of sp³-hybridized carbons (Fsp3) is 0.429. The predicted octanol–water partition coefficient (Wildman–Crippen LogP) is 3.98. The summed E-state index contributed by atoms with van der Waals surface area (Å²) in [6.45, 7) is 4.09. The lowest BCUT2D eigenvalue weighted by Gasteiger charge is -2.39. The molecule has 2 heterocycles. The molecule has 2 aromatic carbocycles. The number of hydrogen-bond donors (Lipinski definition) is 0. The van der Waals surface area contributed by atoms with Crippen molar-refractivity contribution in [1.82, 2.24) is 4.90 Å². The largest absolute Gasteiger partial charge is 0.458 e. The molecule has 1 unspecified atom stereocenters. The van der Waals surface area contributed by atoms with Crippen LogP contribution < -0.4 is 4.74 Å². The molecule has 2 aromatic rings. The number of aryl methyl sites for hydroxylation is 1. The number of rotatable bonds is 5. The van der Waals surface area contributed by atoms with Crippen LogP contribution in [0.1, 0.15) is 30.4 Å². The van der Waals surface area contributed by atoms with Crippen LogP contribution in [0.25, 0.3) is 0 Å². The molecule has 4 rings (SSSR count). The molecule has 0 radical (unpaired) electrons. The summed E-state index contributed by atoms with van der Waals surface area (Å²) < 4.78 is 12.8. The molecule has 0 saturated carbocycles. The van der Waals surface area contributed by atoms with Crippen LogP contribution in [0, 0.1) is 0 Å². The maximum Gasteiger partial charge on any atom is 0.237 e. The number of nitrogens with zero attached hydrogens (tertiary/aromatic N) is 1. The van der Waals surface area contributed by atoms with Crippen LogP contribution >= 0.6 is 0 Å². The molecule has 0 spiro atoms. The van der Waals surface area contributed by atoms with E-state index < -0.39 is 5.79 Å². The number of likely N-dealkylation sites (tertiary alicyclic amines) is 1. The summed E-state index contributed by atoms with van der Waals surface area (Å²) in [5.41, 5.74) is 2.38. The topological polar surface area (TPSA) is 21.7 Å². The van der Waals surface area contributed by atoms with E-state index in [1.807, 2.05) is 12.1 Å². The Hall–Kier alpha value is -1.84. The van der Waals surface area contributed by atoms with Crippen molar-refractivity contribution in [3.05, 3.63) is 65.7 Å². The van der Waals surface area contributed by atoms with Gasteiger partial charge in [-0.05, 0) is 44.0 Å². The number of para-hydroxylation sites is 1. The summed E-state index contributed by atoms with van der Waals surface area (Å²) in [4.78, 5) is 2.48. The van der Waals surface area contributed by atoms with Gasteiger partial charge < -0.3 is 14.4 Å². The summed E-state index contributed by atoms with van der Waals surface area (Å²) in [5.74, 6) is 0.295. The predicted molar refractivity (Wildman–Crippen MR) is 95.1 cm³/mol. The maximum atomic E-state index is 6.43. The lowest BCUT2D eigenvalue weighted by molar-refractivity contribution is -0.204. The molecule has 0 aliphatic carbocycles. The standard InChI is InChI=1S/C21H25NO2/c1-2-9-19(10-3-1)21(23-17-16-22-14-6-7-15-22)13-12-18-8-4-5-11-20(18)24-21/h1-5,8-11H,6-7,12-17H2. The van der Waals surface area contributed by atoms with E-state index in [0.29, 0.717) is 6.61 Å². The molecule has 1 saturated heterocycles. The van der Waals surface area contributed by atoms with Gasteiger partial charge >= 0.3 is 0 Å². The zero-order valence-corrected chi connectivity index (χ0v) is 14.1. The molecule has 1 fully saturated rings. The first-order valence-electron chi connectivity index (χ1n) is 9.04. The van der Waals surface area contributed by atoms with Crippen LogP contribution in [0.15, 0.2) is 54.6 Å². The molecule has 24 heavy (non-hydrogen) atoms. The van der Waals surface area contributed by atoms with Crippen LogP contribution in [-0.2, 0) is 16.9 Å². The number of hydrogen-bond acceptors (Lipinski definition) is 3. The van der Waals surface area contributed by atoms with Crippen LogP contribution in [-0.4, -0.2) is 31.1 Å². The zero-order chi connectivity index (χ0) is 16.2. The van der Waals surface area contributed by atoms with Gasteiger partial charge in [0.15, 0.2) is 0 Å². The van der Waals surface area contributed by atoms with Gasteiger partial charge in [0.2, 0.25) is 5.79 Å². The Balaban J connectivity index is 1.54. The molecule has 126 valence electrons. The average Bonchev–Trinajstić information content (AvgIpc) is 3.16. The van der Waals surface area contributed by atoms with Gasteiger partial charge in [0.1, 0.15) is 5.75 Å². The van der Waals surface area contributed by atoms with E-state index >= 15 is 0 Å². The smallest absolute Gasteiger partial charge is 0.237 e. The Bertz CT molecular complexity index is 667. The van der Waals surface area contributed by atoms with Gasteiger partial charge in [-0.1, -0.05) is 48.5 Å². The van der Waals surface area contributed by atoms with Gasteiger partial charge in [0, 0.05) is 18.5 Å². The highest BCUT2D eigenvalue weighted by Gasteiger charge is 2.39. The van der Waals surface area contributed by atoms with E-state index in [0.717, 1.165) is 30.7 Å². The minimum absolute atomic E-state index is 0.657. The molecule has 2 aliphatic rings. The second kappa shape index (κ2) is 6.96. The number of benzene rings is 2. The molecule has 0 bridgehead atoms. The van der Waals surface area contributed by atoms with Crippen molar-refractivity contribution in [2.75, 3.05) is 26.2 Å². The van der Waals surface area contributed by atoms with Gasteiger partial charge in [0.25, 0.3) is 0 Å². The van der Waals surface area contributed by atoms with Crippen molar-refractivity contribution in [2.24, 2.45) is 0 Å². The summed E-state index contributed by atoms with van der Waals surface area (Å²) in [7, 11) is 0. The quantitative estimate of drug-likeness (QED) is 0.831. The molecule has 0 amide bonds. The lowest BCUT2D eigenvalue weighted by Crippen LogP contribution is -2.41. The summed E-state index contributed by atoms with van der Waals surface area (Å²) in [6.07, 6.45) is 4.46. The third kappa shape index (κ3) is 3.19. The minimum atomic E-state index is -0.657. The Morgan fingerprint density at radius 2 is 1.71 bits per heavy atom. The Morgan fingerprint density at radius 3 is 2.54 bits per heavy atom. The summed E-state index contributed by atoms with van der Waals surface area (Å²) in [5, 5.41) is 0. The SMILES string of the molecule is c1ccc(C2(OCCN3CCCC3)CCc3ccccc3O2)cc1. The van der Waals surface area contributed by atoms with E-state index in [1.54, 1.807) is 0 Å². The van der Waals surface area contributed by atoms with Crippen molar-refractivity contribution < 1.29 is 9.47 Å². The van der Waals surface area contributed by atoms with Crippen molar-refractivity contribution in [3.63, 3.8) is 0 Å². The number of ether oxygens (including phenoxy) is 2. The van der Waals surface area contributed by atoms with Gasteiger partial charge in [-0.15, -0.1) is 0 Å². The fourth-order valence-corrected chi connectivity index (χ4v) is 3.76. The lowest BCUT2D eigenvalue weighted by atomic mass is 9.94. The van der Waals surface area contributed by atoms with Crippen molar-refractivity contribution in [2.45, 2.75) is 31.5 Å². The second-order valence-corrected chi connectivity index (χ2v) is 6.73. The zero-order valence-electron chi connectivity index (χ0n) is 14.1. The van der Waals surface area contributed by atoms with Gasteiger partial charge in [0.05, 0.1) is 6.61 Å². The van der Waals surface area contributed by atoms with Gasteiger partial charge in [-0.25, -0.2) is 0 Å². The normalized spacial score (nSPS) is 23.7. The van der Waals surface area contributed by atoms with Crippen molar-refractivity contribution in [1.29, 1.82) is 0 Å². The van der Waals surface area contributed by atoms with Crippen LogP contribution in [0.4, 0.5) is 0 Å². The van der Waals surface area contributed by atoms with E-state index in [9.17, 15) is 0 Å². The van der Waals surface area contributed by atoms with Crippen LogP contribution in [0.5, 0.6) is 5.75 Å². The molecule has 3 heteroatoms. The highest BCUT2D eigenvalue weighted by Crippen LogP contribution is 2.40. The molecule has 3 nitrogen and oxygen atoms in total. The van der Waals surface area contributed by atoms with Crippen molar-refractivity contribution >= 4 is 0 Å². The third-order valence-corrected chi connectivity index (χ3v) is 5.13. The monoisotopic (exact) mass is 323 g/mol. The first-order valence-corrected chi connectivity index (χ1v) is 9.04. The van der Waals surface area contributed by atoms with Crippen LogP contribution in [0.3, 0.4) is 0 Å². The summed E-state index contributed by atoms with van der Waals surface area (Å²) in [6, 6.07) is 18.7. The molecular formula is C21H25NO2. The molecule has 0 N–H and O–H groups in total. The van der Waals surface area contributed by atoms with Gasteiger partial charge in [-0.3, -0.25) is 0 Å². The third-order valence-electron chi connectivity index (χ3n) is 5.13. The highest BCUT2D eigenvalue weighted by atomic mass is 16.7. The van der Waals surface area contributed by atoms with E-state index in [2.05, 4.69) is 47.4 Å². The molecule has 1 atom stereocenters. The minimum Gasteiger partial charge on any atom is -0.458 e. The van der Waals surface area contributed by atoms with E-state index in [4.69, 9.17) is 9.47 Å².